The van der Waals surface area contributed by atoms with Gasteiger partial charge in [0.15, 0.2) is 0 Å². The van der Waals surface area contributed by atoms with Crippen molar-refractivity contribution in [3.05, 3.63) is 0 Å². The van der Waals surface area contributed by atoms with Crippen molar-refractivity contribution in [1.82, 2.24) is 0 Å². The van der Waals surface area contributed by atoms with Crippen molar-refractivity contribution in [3.8, 4) is 0 Å². The van der Waals surface area contributed by atoms with Gasteiger partial charge in [-0.25, -0.2) is 0 Å². The SMILES string of the molecule is CC(C)COC1CCCC(C)(C)C1N. The van der Waals surface area contributed by atoms with Gasteiger partial charge in [-0.3, -0.25) is 0 Å². The molecule has 0 radical (unpaired) electrons. The minimum absolute atomic E-state index is 0.204. The third-order valence-corrected chi connectivity index (χ3v) is 3.26. The first-order valence-electron chi connectivity index (χ1n) is 5.80. The predicted octanol–water partition coefficient (Wildman–Crippen LogP) is 2.57. The third kappa shape index (κ3) is 2.96. The number of ether oxygens (including phenoxy) is 1. The Labute approximate surface area is 88.2 Å². The van der Waals surface area contributed by atoms with Crippen LogP contribution in [0.25, 0.3) is 0 Å². The summed E-state index contributed by atoms with van der Waals surface area (Å²) in [7, 11) is 0. The van der Waals surface area contributed by atoms with E-state index in [0.717, 1.165) is 13.0 Å². The lowest BCUT2D eigenvalue weighted by Gasteiger charge is -2.41. The van der Waals surface area contributed by atoms with Gasteiger partial charge < -0.3 is 10.5 Å². The summed E-state index contributed by atoms with van der Waals surface area (Å²) < 4.78 is 5.87. The normalized spacial score (nSPS) is 32.1. The highest BCUT2D eigenvalue weighted by atomic mass is 16.5. The molecule has 0 bridgehead atoms. The minimum atomic E-state index is 0.204. The largest absolute Gasteiger partial charge is 0.376 e. The van der Waals surface area contributed by atoms with E-state index in [2.05, 4.69) is 27.7 Å². The summed E-state index contributed by atoms with van der Waals surface area (Å²) in [4.78, 5) is 0. The zero-order valence-corrected chi connectivity index (χ0v) is 10.0. The molecular weight excluding hydrogens is 174 g/mol. The zero-order chi connectivity index (χ0) is 10.8. The van der Waals surface area contributed by atoms with E-state index in [-0.39, 0.29) is 17.6 Å². The minimum Gasteiger partial charge on any atom is -0.376 e. The van der Waals surface area contributed by atoms with Crippen LogP contribution >= 0.6 is 0 Å². The second-order valence-corrected chi connectivity index (χ2v) is 5.67. The second kappa shape index (κ2) is 4.63. The van der Waals surface area contributed by atoms with E-state index in [1.54, 1.807) is 0 Å². The third-order valence-electron chi connectivity index (χ3n) is 3.26. The Bertz CT molecular complexity index is 177. The molecule has 0 aromatic heterocycles. The number of nitrogens with two attached hydrogens (primary N) is 1. The fraction of sp³-hybridized carbons (Fsp3) is 1.00. The molecule has 2 unspecified atom stereocenters. The highest BCUT2D eigenvalue weighted by Crippen LogP contribution is 2.35. The van der Waals surface area contributed by atoms with E-state index in [1.165, 1.54) is 12.8 Å². The van der Waals surface area contributed by atoms with Gasteiger partial charge >= 0.3 is 0 Å². The summed E-state index contributed by atoms with van der Waals surface area (Å²) in [5, 5.41) is 0. The van der Waals surface area contributed by atoms with E-state index in [9.17, 15) is 0 Å². The van der Waals surface area contributed by atoms with Crippen LogP contribution in [0.1, 0.15) is 47.0 Å². The van der Waals surface area contributed by atoms with Crippen LogP contribution in [0.15, 0.2) is 0 Å². The highest BCUT2D eigenvalue weighted by Gasteiger charge is 2.36. The summed E-state index contributed by atoms with van der Waals surface area (Å²) in [6, 6.07) is 0.204. The van der Waals surface area contributed by atoms with Crippen molar-refractivity contribution in [2.24, 2.45) is 17.1 Å². The molecule has 84 valence electrons. The van der Waals surface area contributed by atoms with Gasteiger partial charge in [0.2, 0.25) is 0 Å². The van der Waals surface area contributed by atoms with Gasteiger partial charge in [-0.2, -0.15) is 0 Å². The van der Waals surface area contributed by atoms with Crippen LogP contribution in [0.4, 0.5) is 0 Å². The summed E-state index contributed by atoms with van der Waals surface area (Å²) in [5.74, 6) is 0.604. The molecule has 0 aliphatic heterocycles. The molecule has 1 saturated carbocycles. The lowest BCUT2D eigenvalue weighted by Crippen LogP contribution is -2.50. The Morgan fingerprint density at radius 2 is 2.07 bits per heavy atom. The van der Waals surface area contributed by atoms with Crippen molar-refractivity contribution in [1.29, 1.82) is 0 Å². The lowest BCUT2D eigenvalue weighted by molar-refractivity contribution is -0.0340. The Morgan fingerprint density at radius 3 is 2.64 bits per heavy atom. The van der Waals surface area contributed by atoms with E-state index in [0.29, 0.717) is 5.92 Å². The highest BCUT2D eigenvalue weighted by molar-refractivity contribution is 4.92. The predicted molar refractivity (Wildman–Crippen MR) is 60.2 cm³/mol. The quantitative estimate of drug-likeness (QED) is 0.758. The van der Waals surface area contributed by atoms with E-state index in [4.69, 9.17) is 10.5 Å². The smallest absolute Gasteiger partial charge is 0.0731 e. The van der Waals surface area contributed by atoms with Crippen molar-refractivity contribution in [2.75, 3.05) is 6.61 Å². The Balaban J connectivity index is 2.44. The van der Waals surface area contributed by atoms with Gasteiger partial charge in [0.25, 0.3) is 0 Å². The first kappa shape index (κ1) is 12.0. The fourth-order valence-electron chi connectivity index (χ4n) is 2.11. The molecular formula is C12H25NO. The van der Waals surface area contributed by atoms with E-state index >= 15 is 0 Å². The average molecular weight is 199 g/mol. The number of rotatable bonds is 3. The lowest BCUT2D eigenvalue weighted by atomic mass is 9.72. The first-order valence-corrected chi connectivity index (χ1v) is 5.80. The molecule has 1 aliphatic carbocycles. The summed E-state index contributed by atoms with van der Waals surface area (Å²) in [6.07, 6.45) is 3.90. The summed E-state index contributed by atoms with van der Waals surface area (Å²) in [5.41, 5.74) is 6.47. The molecule has 2 heteroatoms. The Kier molecular flexibility index (Phi) is 3.96. The van der Waals surface area contributed by atoms with Gasteiger partial charge in [-0.15, -0.1) is 0 Å². The zero-order valence-electron chi connectivity index (χ0n) is 10.0. The number of hydrogen-bond donors (Lipinski definition) is 1. The van der Waals surface area contributed by atoms with Crippen molar-refractivity contribution in [3.63, 3.8) is 0 Å². The Hall–Kier alpha value is -0.0800. The monoisotopic (exact) mass is 199 g/mol. The van der Waals surface area contributed by atoms with Crippen LogP contribution in [-0.2, 0) is 4.74 Å². The summed E-state index contributed by atoms with van der Waals surface area (Å²) in [6.45, 7) is 9.71. The molecule has 0 saturated heterocycles. The van der Waals surface area contributed by atoms with Gasteiger partial charge in [0.05, 0.1) is 6.10 Å². The van der Waals surface area contributed by atoms with Gasteiger partial charge in [0.1, 0.15) is 0 Å². The van der Waals surface area contributed by atoms with E-state index < -0.39 is 0 Å². The fourth-order valence-corrected chi connectivity index (χ4v) is 2.11. The second-order valence-electron chi connectivity index (χ2n) is 5.67. The summed E-state index contributed by atoms with van der Waals surface area (Å²) >= 11 is 0. The topological polar surface area (TPSA) is 35.2 Å². The van der Waals surface area contributed by atoms with Crippen LogP contribution < -0.4 is 5.73 Å². The van der Waals surface area contributed by atoms with Crippen LogP contribution in [0.2, 0.25) is 0 Å². The molecule has 0 spiro atoms. The molecule has 2 nitrogen and oxygen atoms in total. The maximum Gasteiger partial charge on any atom is 0.0731 e. The first-order chi connectivity index (χ1) is 6.43. The van der Waals surface area contributed by atoms with Crippen LogP contribution in [0.3, 0.4) is 0 Å². The van der Waals surface area contributed by atoms with Crippen LogP contribution in [-0.4, -0.2) is 18.8 Å². The molecule has 1 rings (SSSR count). The molecule has 1 aliphatic rings. The maximum atomic E-state index is 6.22. The number of hydrogen-bond acceptors (Lipinski definition) is 2. The van der Waals surface area contributed by atoms with Crippen molar-refractivity contribution < 1.29 is 4.74 Å². The van der Waals surface area contributed by atoms with Gasteiger partial charge in [0, 0.05) is 12.6 Å². The standard InChI is InChI=1S/C12H25NO/c1-9(2)8-14-10-6-5-7-12(3,4)11(10)13/h9-11H,5-8,13H2,1-4H3. The molecule has 1 fully saturated rings. The van der Waals surface area contributed by atoms with Crippen molar-refractivity contribution >= 4 is 0 Å². The Morgan fingerprint density at radius 1 is 1.43 bits per heavy atom. The molecule has 0 aromatic carbocycles. The van der Waals surface area contributed by atoms with Crippen molar-refractivity contribution in [2.45, 2.75) is 59.1 Å². The maximum absolute atomic E-state index is 6.22. The van der Waals surface area contributed by atoms with Crippen LogP contribution in [0.5, 0.6) is 0 Å². The van der Waals surface area contributed by atoms with Gasteiger partial charge in [-0.1, -0.05) is 34.1 Å². The molecule has 2 atom stereocenters. The average Bonchev–Trinajstić information content (AvgIpc) is 2.07. The van der Waals surface area contributed by atoms with Gasteiger partial charge in [-0.05, 0) is 24.2 Å². The van der Waals surface area contributed by atoms with Crippen LogP contribution in [0, 0.1) is 11.3 Å². The molecule has 0 amide bonds. The molecule has 2 N–H and O–H groups in total. The van der Waals surface area contributed by atoms with E-state index in [1.807, 2.05) is 0 Å². The molecule has 14 heavy (non-hydrogen) atoms. The molecule has 0 heterocycles. The molecule has 0 aromatic rings.